The van der Waals surface area contributed by atoms with Gasteiger partial charge in [-0.3, -0.25) is 4.90 Å². The molecule has 2 N–H and O–H groups in total. The topological polar surface area (TPSA) is 29.3 Å². The summed E-state index contributed by atoms with van der Waals surface area (Å²) in [5.41, 5.74) is 5.83. The summed E-state index contributed by atoms with van der Waals surface area (Å²) >= 11 is 0. The standard InChI is InChI=1S/C14H19F3N2/c1-14(16,17)10-3-4-12(15)11(6-10)13-5-9(7-18)8-19(13)2/h3-4,6,9,13H,5,7-8,18H2,1-2H3. The van der Waals surface area contributed by atoms with Gasteiger partial charge in [0, 0.05) is 30.6 Å². The van der Waals surface area contributed by atoms with Crippen LogP contribution in [0, 0.1) is 11.7 Å². The average Bonchev–Trinajstić information content (AvgIpc) is 2.69. The molecule has 0 aliphatic carbocycles. The van der Waals surface area contributed by atoms with Gasteiger partial charge in [-0.25, -0.2) is 13.2 Å². The number of hydrogen-bond acceptors (Lipinski definition) is 2. The molecule has 0 spiro atoms. The second-order valence-electron chi connectivity index (χ2n) is 5.42. The van der Waals surface area contributed by atoms with E-state index in [9.17, 15) is 13.2 Å². The van der Waals surface area contributed by atoms with Crippen LogP contribution in [-0.2, 0) is 5.92 Å². The third-order valence-electron chi connectivity index (χ3n) is 3.83. The van der Waals surface area contributed by atoms with Crippen LogP contribution in [0.1, 0.15) is 30.5 Å². The SMILES string of the molecule is CN1CC(CN)CC1c1cc(C(C)(F)F)ccc1F. The monoisotopic (exact) mass is 272 g/mol. The lowest BCUT2D eigenvalue weighted by atomic mass is 9.96. The molecule has 1 fully saturated rings. The summed E-state index contributed by atoms with van der Waals surface area (Å²) in [4.78, 5) is 1.98. The molecule has 0 saturated carbocycles. The van der Waals surface area contributed by atoms with Gasteiger partial charge in [0.15, 0.2) is 0 Å². The zero-order valence-corrected chi connectivity index (χ0v) is 11.2. The molecular weight excluding hydrogens is 253 g/mol. The van der Waals surface area contributed by atoms with Crippen LogP contribution < -0.4 is 5.73 Å². The van der Waals surface area contributed by atoms with E-state index in [4.69, 9.17) is 5.73 Å². The maximum atomic E-state index is 13.9. The van der Waals surface area contributed by atoms with Gasteiger partial charge in [0.1, 0.15) is 5.82 Å². The quantitative estimate of drug-likeness (QED) is 0.916. The van der Waals surface area contributed by atoms with E-state index >= 15 is 0 Å². The molecule has 2 unspecified atom stereocenters. The van der Waals surface area contributed by atoms with Crippen LogP contribution in [-0.4, -0.2) is 25.0 Å². The molecule has 0 amide bonds. The Morgan fingerprint density at radius 2 is 2.11 bits per heavy atom. The summed E-state index contributed by atoms with van der Waals surface area (Å²) in [6.07, 6.45) is 0.711. The number of likely N-dealkylation sites (tertiary alicyclic amines) is 1. The largest absolute Gasteiger partial charge is 0.330 e. The van der Waals surface area contributed by atoms with Gasteiger partial charge in [0.25, 0.3) is 5.92 Å². The molecule has 106 valence electrons. The zero-order chi connectivity index (χ0) is 14.2. The predicted octanol–water partition coefficient (Wildman–Crippen LogP) is 2.89. The van der Waals surface area contributed by atoms with E-state index in [0.29, 0.717) is 24.4 Å². The Morgan fingerprint density at radius 3 is 2.63 bits per heavy atom. The molecule has 0 radical (unpaired) electrons. The van der Waals surface area contributed by atoms with Crippen LogP contribution in [0.15, 0.2) is 18.2 Å². The van der Waals surface area contributed by atoms with E-state index in [1.165, 1.54) is 6.07 Å². The Balaban J connectivity index is 2.34. The van der Waals surface area contributed by atoms with Crippen molar-refractivity contribution in [2.24, 2.45) is 11.7 Å². The Labute approximate surface area is 111 Å². The lowest BCUT2D eigenvalue weighted by Crippen LogP contribution is -2.21. The maximum absolute atomic E-state index is 13.9. The van der Waals surface area contributed by atoms with E-state index in [1.54, 1.807) is 0 Å². The van der Waals surface area contributed by atoms with Crippen LogP contribution in [0.3, 0.4) is 0 Å². The fourth-order valence-electron chi connectivity index (χ4n) is 2.71. The summed E-state index contributed by atoms with van der Waals surface area (Å²) < 4.78 is 40.6. The van der Waals surface area contributed by atoms with E-state index in [-0.39, 0.29) is 11.6 Å². The van der Waals surface area contributed by atoms with Gasteiger partial charge in [0.2, 0.25) is 0 Å². The van der Waals surface area contributed by atoms with Gasteiger partial charge < -0.3 is 5.73 Å². The van der Waals surface area contributed by atoms with E-state index in [2.05, 4.69) is 0 Å². The smallest absolute Gasteiger partial charge is 0.270 e. The summed E-state index contributed by atoms with van der Waals surface area (Å²) in [6.45, 7) is 2.13. The normalized spacial score (nSPS) is 24.9. The molecule has 1 aliphatic rings. The number of alkyl halides is 2. The molecule has 1 aromatic carbocycles. The molecule has 1 aromatic rings. The lowest BCUT2D eigenvalue weighted by Gasteiger charge is -2.22. The van der Waals surface area contributed by atoms with Gasteiger partial charge in [-0.2, -0.15) is 0 Å². The Bertz CT molecular complexity index is 456. The number of nitrogens with two attached hydrogens (primary N) is 1. The maximum Gasteiger partial charge on any atom is 0.270 e. The Morgan fingerprint density at radius 1 is 1.42 bits per heavy atom. The molecule has 0 aromatic heterocycles. The van der Waals surface area contributed by atoms with Crippen molar-refractivity contribution in [3.63, 3.8) is 0 Å². The first-order valence-electron chi connectivity index (χ1n) is 6.41. The van der Waals surface area contributed by atoms with Gasteiger partial charge >= 0.3 is 0 Å². The fourth-order valence-corrected chi connectivity index (χ4v) is 2.71. The van der Waals surface area contributed by atoms with Crippen LogP contribution in [0.2, 0.25) is 0 Å². The third-order valence-corrected chi connectivity index (χ3v) is 3.83. The molecule has 2 atom stereocenters. The number of nitrogens with zero attached hydrogens (tertiary/aromatic N) is 1. The van der Waals surface area contributed by atoms with Crippen LogP contribution in [0.25, 0.3) is 0 Å². The van der Waals surface area contributed by atoms with E-state index in [0.717, 1.165) is 25.6 Å². The summed E-state index contributed by atoms with van der Waals surface area (Å²) in [5.74, 6) is -3.09. The Hall–Kier alpha value is -1.07. The molecule has 0 bridgehead atoms. The molecule has 1 saturated heterocycles. The molecule has 2 nitrogen and oxygen atoms in total. The molecule has 19 heavy (non-hydrogen) atoms. The molecule has 2 rings (SSSR count). The number of rotatable bonds is 3. The van der Waals surface area contributed by atoms with Gasteiger partial charge in [-0.1, -0.05) is 6.07 Å². The minimum Gasteiger partial charge on any atom is -0.330 e. The molecule has 5 heteroatoms. The number of halogens is 3. The number of hydrogen-bond donors (Lipinski definition) is 1. The zero-order valence-electron chi connectivity index (χ0n) is 11.2. The number of benzene rings is 1. The summed E-state index contributed by atoms with van der Waals surface area (Å²) in [6, 6.07) is 3.39. The van der Waals surface area contributed by atoms with Crippen LogP contribution in [0.4, 0.5) is 13.2 Å². The highest BCUT2D eigenvalue weighted by Crippen LogP contribution is 2.37. The van der Waals surface area contributed by atoms with Crippen molar-refractivity contribution in [1.82, 2.24) is 4.90 Å². The van der Waals surface area contributed by atoms with Crippen molar-refractivity contribution in [1.29, 1.82) is 0 Å². The first-order chi connectivity index (χ1) is 8.82. The fraction of sp³-hybridized carbons (Fsp3) is 0.571. The summed E-state index contributed by atoms with van der Waals surface area (Å²) in [7, 11) is 1.87. The van der Waals surface area contributed by atoms with Gasteiger partial charge in [-0.05, 0) is 38.1 Å². The minimum absolute atomic E-state index is 0.145. The Kier molecular flexibility index (Phi) is 3.87. The van der Waals surface area contributed by atoms with Crippen molar-refractivity contribution < 1.29 is 13.2 Å². The van der Waals surface area contributed by atoms with Crippen molar-refractivity contribution in [2.75, 3.05) is 20.1 Å². The van der Waals surface area contributed by atoms with Crippen molar-refractivity contribution in [3.8, 4) is 0 Å². The third kappa shape index (κ3) is 2.92. The predicted molar refractivity (Wildman–Crippen MR) is 68.5 cm³/mol. The highest BCUT2D eigenvalue weighted by Gasteiger charge is 2.33. The highest BCUT2D eigenvalue weighted by molar-refractivity contribution is 5.30. The van der Waals surface area contributed by atoms with Crippen molar-refractivity contribution in [3.05, 3.63) is 35.1 Å². The second kappa shape index (κ2) is 5.13. The highest BCUT2D eigenvalue weighted by atomic mass is 19.3. The molecular formula is C14H19F3N2. The van der Waals surface area contributed by atoms with E-state index < -0.39 is 11.7 Å². The van der Waals surface area contributed by atoms with Crippen LogP contribution in [0.5, 0.6) is 0 Å². The molecule has 1 aliphatic heterocycles. The van der Waals surface area contributed by atoms with Gasteiger partial charge in [0.05, 0.1) is 0 Å². The average molecular weight is 272 g/mol. The molecule has 1 heterocycles. The first kappa shape index (κ1) is 14.3. The second-order valence-corrected chi connectivity index (χ2v) is 5.42. The van der Waals surface area contributed by atoms with Gasteiger partial charge in [-0.15, -0.1) is 0 Å². The minimum atomic E-state index is -2.95. The van der Waals surface area contributed by atoms with Crippen molar-refractivity contribution >= 4 is 0 Å². The van der Waals surface area contributed by atoms with Crippen LogP contribution >= 0.6 is 0 Å². The van der Waals surface area contributed by atoms with Crippen molar-refractivity contribution in [2.45, 2.75) is 25.3 Å². The van der Waals surface area contributed by atoms with E-state index in [1.807, 2.05) is 11.9 Å². The summed E-state index contributed by atoms with van der Waals surface area (Å²) in [5, 5.41) is 0. The first-order valence-corrected chi connectivity index (χ1v) is 6.41. The lowest BCUT2D eigenvalue weighted by molar-refractivity contribution is 0.0172.